The fourth-order valence-electron chi connectivity index (χ4n) is 1.43. The minimum absolute atomic E-state index is 0.573. The lowest BCUT2D eigenvalue weighted by Crippen LogP contribution is -2.00. The molecule has 5 nitrogen and oxygen atoms in total. The molecule has 0 aliphatic rings. The molecule has 1 aromatic heterocycles. The Morgan fingerprint density at radius 3 is 2.72 bits per heavy atom. The summed E-state index contributed by atoms with van der Waals surface area (Å²) in [6.45, 7) is 0.598. The van der Waals surface area contributed by atoms with E-state index in [1.165, 1.54) is 11.8 Å². The second-order valence-electron chi connectivity index (χ2n) is 3.62. The number of aromatic nitrogens is 2. The molecule has 2 rings (SSSR count). The first kappa shape index (κ1) is 12.9. The zero-order valence-corrected chi connectivity index (χ0v) is 10.9. The van der Waals surface area contributed by atoms with Crippen molar-refractivity contribution in [3.63, 3.8) is 0 Å². The van der Waals surface area contributed by atoms with Crippen LogP contribution in [0, 0.1) is 0 Å². The number of benzene rings is 1. The monoisotopic (exact) mass is 265 g/mol. The van der Waals surface area contributed by atoms with Gasteiger partial charge in [-0.15, -0.1) is 10.2 Å². The summed E-state index contributed by atoms with van der Waals surface area (Å²) in [5.74, 6) is 2.23. The molecule has 0 aliphatic heterocycles. The summed E-state index contributed by atoms with van der Waals surface area (Å²) in [4.78, 5) is 0. The van der Waals surface area contributed by atoms with Crippen molar-refractivity contribution in [3.8, 4) is 5.75 Å². The van der Waals surface area contributed by atoms with Crippen LogP contribution < -0.4 is 10.5 Å². The summed E-state index contributed by atoms with van der Waals surface area (Å²) in [5.41, 5.74) is 6.52. The maximum atomic E-state index is 5.50. The third-order valence-corrected chi connectivity index (χ3v) is 3.16. The highest BCUT2D eigenvalue weighted by atomic mass is 32.2. The Morgan fingerprint density at radius 2 is 2.06 bits per heavy atom. The normalized spacial score (nSPS) is 10.6. The fraction of sp³-hybridized carbons (Fsp3) is 0.333. The van der Waals surface area contributed by atoms with Gasteiger partial charge in [-0.1, -0.05) is 23.9 Å². The smallest absolute Gasteiger partial charge is 0.276 e. The number of rotatable bonds is 6. The van der Waals surface area contributed by atoms with Gasteiger partial charge >= 0.3 is 0 Å². The SMILES string of the molecule is COc1ccc(Cc2nnc(SCCN)o2)cc1. The zero-order chi connectivity index (χ0) is 12.8. The molecule has 0 bridgehead atoms. The predicted molar refractivity (Wildman–Crippen MR) is 69.9 cm³/mol. The van der Waals surface area contributed by atoms with Gasteiger partial charge in [-0.2, -0.15) is 0 Å². The minimum atomic E-state index is 0.573. The van der Waals surface area contributed by atoms with Crippen molar-refractivity contribution in [2.45, 2.75) is 11.6 Å². The highest BCUT2D eigenvalue weighted by Gasteiger charge is 2.07. The van der Waals surface area contributed by atoms with Crippen LogP contribution in [0.3, 0.4) is 0 Å². The van der Waals surface area contributed by atoms with Gasteiger partial charge < -0.3 is 14.9 Å². The topological polar surface area (TPSA) is 74.2 Å². The molecule has 0 saturated carbocycles. The molecule has 0 aliphatic carbocycles. The van der Waals surface area contributed by atoms with E-state index in [1.807, 2.05) is 24.3 Å². The largest absolute Gasteiger partial charge is 0.497 e. The van der Waals surface area contributed by atoms with Gasteiger partial charge in [0, 0.05) is 12.3 Å². The summed E-state index contributed by atoms with van der Waals surface area (Å²) in [7, 11) is 1.65. The van der Waals surface area contributed by atoms with Crippen LogP contribution in [0.2, 0.25) is 0 Å². The fourth-order valence-corrected chi connectivity index (χ4v) is 1.98. The number of thioether (sulfide) groups is 1. The first-order valence-electron chi connectivity index (χ1n) is 5.60. The van der Waals surface area contributed by atoms with E-state index in [1.54, 1.807) is 7.11 Å². The van der Waals surface area contributed by atoms with E-state index in [-0.39, 0.29) is 0 Å². The van der Waals surface area contributed by atoms with E-state index in [4.69, 9.17) is 14.9 Å². The average molecular weight is 265 g/mol. The molecule has 18 heavy (non-hydrogen) atoms. The predicted octanol–water partition coefficient (Wildman–Crippen LogP) is 1.72. The molecule has 1 aromatic carbocycles. The Morgan fingerprint density at radius 1 is 1.28 bits per heavy atom. The molecule has 96 valence electrons. The molecule has 2 N–H and O–H groups in total. The molecule has 0 amide bonds. The van der Waals surface area contributed by atoms with Gasteiger partial charge in [0.15, 0.2) is 0 Å². The third-order valence-electron chi connectivity index (χ3n) is 2.31. The quantitative estimate of drug-likeness (QED) is 0.802. The zero-order valence-electron chi connectivity index (χ0n) is 10.1. The second-order valence-corrected chi connectivity index (χ2v) is 4.67. The van der Waals surface area contributed by atoms with Gasteiger partial charge in [0.1, 0.15) is 5.75 Å². The van der Waals surface area contributed by atoms with Gasteiger partial charge in [0.25, 0.3) is 5.22 Å². The first-order valence-corrected chi connectivity index (χ1v) is 6.58. The maximum absolute atomic E-state index is 5.50. The number of hydrogen-bond acceptors (Lipinski definition) is 6. The number of nitrogens with two attached hydrogens (primary N) is 1. The van der Waals surface area contributed by atoms with E-state index in [9.17, 15) is 0 Å². The van der Waals surface area contributed by atoms with Crippen LogP contribution in [0.5, 0.6) is 5.75 Å². The van der Waals surface area contributed by atoms with E-state index in [0.29, 0.717) is 24.1 Å². The lowest BCUT2D eigenvalue weighted by atomic mass is 10.1. The summed E-state index contributed by atoms with van der Waals surface area (Å²) in [5, 5.41) is 8.52. The molecular formula is C12H15N3O2S. The summed E-state index contributed by atoms with van der Waals surface area (Å²) in [6, 6.07) is 7.79. The molecule has 0 saturated heterocycles. The number of hydrogen-bond donors (Lipinski definition) is 1. The van der Waals surface area contributed by atoms with Crippen LogP contribution in [0.15, 0.2) is 33.9 Å². The lowest BCUT2D eigenvalue weighted by Gasteiger charge is -2.00. The minimum Gasteiger partial charge on any atom is -0.497 e. The van der Waals surface area contributed by atoms with Crippen molar-refractivity contribution >= 4 is 11.8 Å². The van der Waals surface area contributed by atoms with E-state index >= 15 is 0 Å². The van der Waals surface area contributed by atoms with Gasteiger partial charge in [-0.05, 0) is 17.7 Å². The Kier molecular flexibility index (Phi) is 4.60. The van der Waals surface area contributed by atoms with E-state index in [0.717, 1.165) is 17.1 Å². The summed E-state index contributed by atoms with van der Waals surface area (Å²) < 4.78 is 10.6. The molecule has 0 unspecified atom stereocenters. The van der Waals surface area contributed by atoms with Crippen LogP contribution in [0.1, 0.15) is 11.5 Å². The Balaban J connectivity index is 1.97. The first-order chi connectivity index (χ1) is 8.81. The van der Waals surface area contributed by atoms with Crippen LogP contribution in [0.25, 0.3) is 0 Å². The van der Waals surface area contributed by atoms with Crippen molar-refractivity contribution in [2.75, 3.05) is 19.4 Å². The average Bonchev–Trinajstić information content (AvgIpc) is 2.85. The molecule has 0 atom stereocenters. The number of nitrogens with zero attached hydrogens (tertiary/aromatic N) is 2. The van der Waals surface area contributed by atoms with Crippen LogP contribution >= 0.6 is 11.8 Å². The van der Waals surface area contributed by atoms with Gasteiger partial charge in [-0.25, -0.2) is 0 Å². The van der Waals surface area contributed by atoms with Gasteiger partial charge in [0.2, 0.25) is 5.89 Å². The highest BCUT2D eigenvalue weighted by Crippen LogP contribution is 2.18. The van der Waals surface area contributed by atoms with Crippen LogP contribution in [-0.2, 0) is 6.42 Å². The Bertz CT molecular complexity index is 484. The molecule has 0 spiro atoms. The highest BCUT2D eigenvalue weighted by molar-refractivity contribution is 7.99. The molecule has 1 heterocycles. The number of ether oxygens (including phenoxy) is 1. The summed E-state index contributed by atoms with van der Waals surface area (Å²) >= 11 is 1.47. The van der Waals surface area contributed by atoms with Gasteiger partial charge in [0.05, 0.1) is 13.5 Å². The van der Waals surface area contributed by atoms with Crippen molar-refractivity contribution in [1.29, 1.82) is 0 Å². The molecule has 6 heteroatoms. The molecule has 0 radical (unpaired) electrons. The molecule has 0 fully saturated rings. The Labute approximate surface area is 110 Å². The Hall–Kier alpha value is -1.53. The van der Waals surface area contributed by atoms with Gasteiger partial charge in [-0.3, -0.25) is 0 Å². The van der Waals surface area contributed by atoms with Crippen molar-refractivity contribution in [3.05, 3.63) is 35.7 Å². The summed E-state index contributed by atoms with van der Waals surface area (Å²) in [6.07, 6.45) is 0.625. The van der Waals surface area contributed by atoms with Crippen molar-refractivity contribution < 1.29 is 9.15 Å². The lowest BCUT2D eigenvalue weighted by molar-refractivity contribution is 0.413. The van der Waals surface area contributed by atoms with E-state index < -0.39 is 0 Å². The maximum Gasteiger partial charge on any atom is 0.276 e. The second kappa shape index (κ2) is 6.42. The van der Waals surface area contributed by atoms with Crippen molar-refractivity contribution in [1.82, 2.24) is 10.2 Å². The molecule has 2 aromatic rings. The van der Waals surface area contributed by atoms with Crippen LogP contribution in [0.4, 0.5) is 0 Å². The van der Waals surface area contributed by atoms with E-state index in [2.05, 4.69) is 10.2 Å². The molecular weight excluding hydrogens is 250 g/mol. The number of methoxy groups -OCH3 is 1. The third kappa shape index (κ3) is 3.48. The standard InChI is InChI=1S/C12H15N3O2S/c1-16-10-4-2-9(3-5-10)8-11-14-15-12(17-11)18-7-6-13/h2-5H,6-8,13H2,1H3. The van der Waals surface area contributed by atoms with Crippen molar-refractivity contribution in [2.24, 2.45) is 5.73 Å². The van der Waals surface area contributed by atoms with Crippen LogP contribution in [-0.4, -0.2) is 29.6 Å².